The maximum atomic E-state index is 10.3. The fraction of sp³-hybridized carbons (Fsp3) is 0.125. The molecule has 2 N–H and O–H groups in total. The van der Waals surface area contributed by atoms with Crippen molar-refractivity contribution < 1.29 is 9.84 Å². The van der Waals surface area contributed by atoms with Gasteiger partial charge in [-0.1, -0.05) is 29.8 Å². The molecule has 0 unspecified atom stereocenters. The lowest BCUT2D eigenvalue weighted by Crippen LogP contribution is -2.21. The van der Waals surface area contributed by atoms with Crippen molar-refractivity contribution in [3.8, 4) is 11.5 Å². The molecule has 23 heavy (non-hydrogen) atoms. The number of aromatic nitrogens is 3. The average molecular weight is 331 g/mol. The van der Waals surface area contributed by atoms with Crippen molar-refractivity contribution in [2.45, 2.75) is 6.04 Å². The van der Waals surface area contributed by atoms with Crippen molar-refractivity contribution in [2.75, 3.05) is 12.5 Å². The average Bonchev–Trinajstić information content (AvgIpc) is 3.08. The van der Waals surface area contributed by atoms with Crippen LogP contribution >= 0.6 is 11.6 Å². The summed E-state index contributed by atoms with van der Waals surface area (Å²) in [4.78, 5) is 0. The summed E-state index contributed by atoms with van der Waals surface area (Å²) >= 11 is 6.10. The van der Waals surface area contributed by atoms with Crippen LogP contribution in [0, 0.1) is 0 Å². The number of para-hydroxylation sites is 1. The third-order valence-corrected chi connectivity index (χ3v) is 3.68. The van der Waals surface area contributed by atoms with Gasteiger partial charge in [0.05, 0.1) is 13.2 Å². The number of benzene rings is 2. The Kier molecular flexibility index (Phi) is 4.34. The lowest BCUT2D eigenvalue weighted by molar-refractivity contribution is 0.406. The molecule has 1 atom stereocenters. The van der Waals surface area contributed by atoms with E-state index < -0.39 is 6.04 Å². The summed E-state index contributed by atoms with van der Waals surface area (Å²) in [6.07, 6.45) is 3.06. The van der Waals surface area contributed by atoms with Crippen LogP contribution in [0.3, 0.4) is 0 Å². The van der Waals surface area contributed by atoms with Crippen LogP contribution in [0.2, 0.25) is 5.02 Å². The second kappa shape index (κ2) is 6.58. The largest absolute Gasteiger partial charge is 0.508 e. The first-order chi connectivity index (χ1) is 11.2. The Morgan fingerprint density at radius 1 is 1.13 bits per heavy atom. The first kappa shape index (κ1) is 15.2. The van der Waals surface area contributed by atoms with E-state index in [-0.39, 0.29) is 5.75 Å². The SMILES string of the molecule is COc1ccccc1[C@H](Nn1cnnc1)c1cc(Cl)ccc1O. The number of halogens is 1. The van der Waals surface area contributed by atoms with E-state index in [1.165, 1.54) is 12.7 Å². The summed E-state index contributed by atoms with van der Waals surface area (Å²) in [6.45, 7) is 0. The van der Waals surface area contributed by atoms with Gasteiger partial charge < -0.3 is 15.3 Å². The Morgan fingerprint density at radius 3 is 2.61 bits per heavy atom. The van der Waals surface area contributed by atoms with Crippen LogP contribution in [-0.2, 0) is 0 Å². The smallest absolute Gasteiger partial charge is 0.138 e. The van der Waals surface area contributed by atoms with E-state index in [0.717, 1.165) is 5.56 Å². The number of hydrogen-bond acceptors (Lipinski definition) is 5. The van der Waals surface area contributed by atoms with E-state index in [0.29, 0.717) is 16.3 Å². The monoisotopic (exact) mass is 330 g/mol. The molecule has 0 saturated carbocycles. The van der Waals surface area contributed by atoms with E-state index in [1.807, 2.05) is 24.3 Å². The molecule has 2 aromatic carbocycles. The molecule has 7 heteroatoms. The van der Waals surface area contributed by atoms with Crippen LogP contribution in [0.5, 0.6) is 11.5 Å². The Morgan fingerprint density at radius 2 is 1.87 bits per heavy atom. The molecule has 0 aliphatic heterocycles. The molecule has 118 valence electrons. The third-order valence-electron chi connectivity index (χ3n) is 3.45. The van der Waals surface area contributed by atoms with Gasteiger partial charge in [-0.3, -0.25) is 0 Å². The molecular formula is C16H15ClN4O2. The zero-order chi connectivity index (χ0) is 16.2. The quantitative estimate of drug-likeness (QED) is 0.752. The molecule has 6 nitrogen and oxygen atoms in total. The van der Waals surface area contributed by atoms with Crippen molar-refractivity contribution in [2.24, 2.45) is 0 Å². The lowest BCUT2D eigenvalue weighted by atomic mass is 9.97. The van der Waals surface area contributed by atoms with Gasteiger partial charge in [0.15, 0.2) is 0 Å². The van der Waals surface area contributed by atoms with Crippen LogP contribution in [-0.4, -0.2) is 27.1 Å². The minimum atomic E-state index is -0.402. The van der Waals surface area contributed by atoms with E-state index >= 15 is 0 Å². The lowest BCUT2D eigenvalue weighted by Gasteiger charge is -2.23. The number of methoxy groups -OCH3 is 1. The van der Waals surface area contributed by atoms with Crippen LogP contribution in [0.15, 0.2) is 55.1 Å². The molecule has 3 rings (SSSR count). The molecule has 0 bridgehead atoms. The van der Waals surface area contributed by atoms with Gasteiger partial charge in [-0.15, -0.1) is 10.2 Å². The van der Waals surface area contributed by atoms with Crippen LogP contribution in [0.1, 0.15) is 17.2 Å². The second-order valence-corrected chi connectivity index (χ2v) is 5.31. The van der Waals surface area contributed by atoms with Gasteiger partial charge in [-0.05, 0) is 24.3 Å². The number of ether oxygens (including phenoxy) is 1. The molecule has 1 aromatic heterocycles. The first-order valence-electron chi connectivity index (χ1n) is 6.91. The molecule has 0 saturated heterocycles. The fourth-order valence-corrected chi connectivity index (χ4v) is 2.57. The summed E-state index contributed by atoms with van der Waals surface area (Å²) in [5.41, 5.74) is 4.70. The standard InChI is InChI=1S/C16H15ClN4O2/c1-23-15-5-3-2-4-12(15)16(20-21-9-18-19-10-21)13-8-11(17)6-7-14(13)22/h2-10,16,20,22H,1H3/t16-/m0/s1. The minimum absolute atomic E-state index is 0.130. The van der Waals surface area contributed by atoms with E-state index in [2.05, 4.69) is 15.6 Å². The fourth-order valence-electron chi connectivity index (χ4n) is 2.38. The summed E-state index contributed by atoms with van der Waals surface area (Å²) in [5.74, 6) is 0.823. The van der Waals surface area contributed by atoms with Gasteiger partial charge in [0.25, 0.3) is 0 Å². The number of phenolic OH excluding ortho intramolecular Hbond substituents is 1. The molecule has 1 heterocycles. The molecular weight excluding hydrogens is 316 g/mol. The van der Waals surface area contributed by atoms with Crippen molar-refractivity contribution >= 4 is 11.6 Å². The zero-order valence-corrected chi connectivity index (χ0v) is 13.1. The van der Waals surface area contributed by atoms with Gasteiger partial charge in [0.2, 0.25) is 0 Å². The van der Waals surface area contributed by atoms with Crippen molar-refractivity contribution in [3.63, 3.8) is 0 Å². The first-order valence-corrected chi connectivity index (χ1v) is 7.29. The van der Waals surface area contributed by atoms with Crippen molar-refractivity contribution in [3.05, 3.63) is 71.3 Å². The van der Waals surface area contributed by atoms with Crippen LogP contribution in [0.25, 0.3) is 0 Å². The van der Waals surface area contributed by atoms with Gasteiger partial charge in [-0.2, -0.15) is 0 Å². The number of hydrogen-bond donors (Lipinski definition) is 2. The van der Waals surface area contributed by atoms with Gasteiger partial charge >= 0.3 is 0 Å². The molecule has 3 aromatic rings. The summed E-state index contributed by atoms with van der Waals surface area (Å²) in [7, 11) is 1.60. The second-order valence-electron chi connectivity index (χ2n) is 4.88. The minimum Gasteiger partial charge on any atom is -0.508 e. The third kappa shape index (κ3) is 3.22. The van der Waals surface area contributed by atoms with E-state index in [9.17, 15) is 5.11 Å². The number of phenols is 1. The Bertz CT molecular complexity index is 793. The van der Waals surface area contributed by atoms with Gasteiger partial charge in [0, 0.05) is 16.1 Å². The summed E-state index contributed by atoms with van der Waals surface area (Å²) < 4.78 is 7.05. The molecule has 0 fully saturated rings. The molecule has 0 radical (unpaired) electrons. The van der Waals surface area contributed by atoms with Crippen LogP contribution < -0.4 is 10.2 Å². The predicted molar refractivity (Wildman–Crippen MR) is 87.3 cm³/mol. The van der Waals surface area contributed by atoms with E-state index in [1.54, 1.807) is 30.0 Å². The van der Waals surface area contributed by atoms with Gasteiger partial charge in [-0.25, -0.2) is 4.68 Å². The summed E-state index contributed by atoms with van der Waals surface area (Å²) in [6, 6.07) is 12.1. The maximum absolute atomic E-state index is 10.3. The number of aromatic hydroxyl groups is 1. The molecule has 0 aliphatic rings. The normalized spacial score (nSPS) is 11.9. The maximum Gasteiger partial charge on any atom is 0.138 e. The highest BCUT2D eigenvalue weighted by molar-refractivity contribution is 6.30. The number of nitrogens with zero attached hydrogens (tertiary/aromatic N) is 3. The highest BCUT2D eigenvalue weighted by Gasteiger charge is 2.21. The summed E-state index contributed by atoms with van der Waals surface area (Å²) in [5, 5.41) is 18.4. The molecule has 0 spiro atoms. The Labute approximate surface area is 138 Å². The molecule has 0 aliphatic carbocycles. The number of rotatable bonds is 5. The van der Waals surface area contributed by atoms with Crippen molar-refractivity contribution in [1.29, 1.82) is 0 Å². The predicted octanol–water partition coefficient (Wildman–Crippen LogP) is 2.98. The van der Waals surface area contributed by atoms with E-state index in [4.69, 9.17) is 16.3 Å². The molecule has 0 amide bonds. The van der Waals surface area contributed by atoms with Gasteiger partial charge in [0.1, 0.15) is 24.2 Å². The van der Waals surface area contributed by atoms with Crippen molar-refractivity contribution in [1.82, 2.24) is 14.9 Å². The number of nitrogens with one attached hydrogen (secondary N) is 1. The topological polar surface area (TPSA) is 72.2 Å². The highest BCUT2D eigenvalue weighted by atomic mass is 35.5. The highest BCUT2D eigenvalue weighted by Crippen LogP contribution is 2.36. The zero-order valence-electron chi connectivity index (χ0n) is 12.3. The Hall–Kier alpha value is -2.73. The Balaban J connectivity index is 2.11. The van der Waals surface area contributed by atoms with Crippen LogP contribution in [0.4, 0.5) is 0 Å².